The highest BCUT2D eigenvalue weighted by atomic mass is 32.2. The fourth-order valence-corrected chi connectivity index (χ4v) is 4.70. The summed E-state index contributed by atoms with van der Waals surface area (Å²) in [7, 11) is -3.57. The molecule has 1 aliphatic carbocycles. The third-order valence-corrected chi connectivity index (χ3v) is 6.32. The summed E-state index contributed by atoms with van der Waals surface area (Å²) < 4.78 is 39.3. The van der Waals surface area contributed by atoms with Crippen molar-refractivity contribution >= 4 is 10.0 Å². The van der Waals surface area contributed by atoms with E-state index in [4.69, 9.17) is 9.47 Å². The maximum Gasteiger partial charge on any atom is 0.241 e. The van der Waals surface area contributed by atoms with Gasteiger partial charge in [0.05, 0.1) is 4.90 Å². The van der Waals surface area contributed by atoms with Gasteiger partial charge in [-0.3, -0.25) is 0 Å². The first kappa shape index (κ1) is 16.4. The van der Waals surface area contributed by atoms with Crippen LogP contribution in [-0.4, -0.2) is 21.6 Å². The third-order valence-electron chi connectivity index (χ3n) is 4.78. The van der Waals surface area contributed by atoms with Crippen molar-refractivity contribution < 1.29 is 17.9 Å². The number of fused-ring (bicyclic) bond motifs is 2. The van der Waals surface area contributed by atoms with Crippen molar-refractivity contribution in [2.24, 2.45) is 0 Å². The van der Waals surface area contributed by atoms with Gasteiger partial charge in [-0.2, -0.15) is 0 Å². The minimum atomic E-state index is -3.57. The summed E-state index contributed by atoms with van der Waals surface area (Å²) in [5, 5.41) is 0. The Labute approximate surface area is 148 Å². The van der Waals surface area contributed by atoms with E-state index in [1.165, 1.54) is 5.56 Å². The maximum absolute atomic E-state index is 12.7. The highest BCUT2D eigenvalue weighted by Gasteiger charge is 2.22. The Hall–Kier alpha value is -2.05. The second-order valence-corrected chi connectivity index (χ2v) is 8.24. The molecule has 132 valence electrons. The Kier molecular flexibility index (Phi) is 4.17. The van der Waals surface area contributed by atoms with Gasteiger partial charge in [0.15, 0.2) is 11.5 Å². The van der Waals surface area contributed by atoms with Crippen molar-refractivity contribution in [3.8, 4) is 11.5 Å². The Morgan fingerprint density at radius 1 is 0.960 bits per heavy atom. The highest BCUT2D eigenvalue weighted by molar-refractivity contribution is 7.89. The molecule has 1 aliphatic heterocycles. The van der Waals surface area contributed by atoms with Crippen LogP contribution in [-0.2, 0) is 22.9 Å². The van der Waals surface area contributed by atoms with Crippen LogP contribution < -0.4 is 14.2 Å². The zero-order chi connectivity index (χ0) is 17.4. The molecule has 1 atom stereocenters. The molecule has 2 aliphatic rings. The van der Waals surface area contributed by atoms with Gasteiger partial charge >= 0.3 is 0 Å². The minimum absolute atomic E-state index is 0.331. The molecule has 2 aromatic carbocycles. The lowest BCUT2D eigenvalue weighted by molar-refractivity contribution is 0.171. The van der Waals surface area contributed by atoms with E-state index in [0.29, 0.717) is 29.6 Å². The van der Waals surface area contributed by atoms with Gasteiger partial charge in [0.2, 0.25) is 10.0 Å². The number of rotatable bonds is 4. The molecule has 0 fully saturated rings. The first-order valence-electron chi connectivity index (χ1n) is 8.57. The van der Waals surface area contributed by atoms with Crippen molar-refractivity contribution in [3.05, 3.63) is 53.1 Å². The predicted octanol–water partition coefficient (Wildman–Crippen LogP) is 2.99. The van der Waals surface area contributed by atoms with Gasteiger partial charge in [-0.1, -0.05) is 12.1 Å². The van der Waals surface area contributed by atoms with Gasteiger partial charge in [-0.05, 0) is 67.1 Å². The number of aryl methyl sites for hydroxylation is 2. The van der Waals surface area contributed by atoms with E-state index in [0.717, 1.165) is 30.4 Å². The molecular formula is C19H21NO4S. The van der Waals surface area contributed by atoms with Crippen molar-refractivity contribution in [2.45, 2.75) is 37.1 Å². The van der Waals surface area contributed by atoms with Gasteiger partial charge in [0.25, 0.3) is 0 Å². The molecule has 0 amide bonds. The largest absolute Gasteiger partial charge is 0.486 e. The van der Waals surface area contributed by atoms with Gasteiger partial charge < -0.3 is 9.47 Å². The summed E-state index contributed by atoms with van der Waals surface area (Å²) in [6.45, 7) is 2.87. The first-order chi connectivity index (χ1) is 12.0. The van der Waals surface area contributed by atoms with E-state index in [9.17, 15) is 8.42 Å². The molecule has 0 bridgehead atoms. The monoisotopic (exact) mass is 359 g/mol. The molecule has 0 spiro atoms. The Balaban J connectivity index is 1.56. The molecule has 1 unspecified atom stereocenters. The lowest BCUT2D eigenvalue weighted by Gasteiger charge is -2.21. The Morgan fingerprint density at radius 3 is 2.56 bits per heavy atom. The number of benzene rings is 2. The van der Waals surface area contributed by atoms with Crippen LogP contribution in [0.1, 0.15) is 36.1 Å². The van der Waals surface area contributed by atoms with Crippen molar-refractivity contribution in [1.82, 2.24) is 4.72 Å². The average Bonchev–Trinajstić information content (AvgIpc) is 3.08. The number of nitrogens with one attached hydrogen (secondary N) is 1. The fraction of sp³-hybridized carbons (Fsp3) is 0.368. The average molecular weight is 359 g/mol. The van der Waals surface area contributed by atoms with Crippen LogP contribution >= 0.6 is 0 Å². The van der Waals surface area contributed by atoms with Crippen LogP contribution in [0.4, 0.5) is 0 Å². The van der Waals surface area contributed by atoms with Gasteiger partial charge in [0.1, 0.15) is 13.2 Å². The number of sulfonamides is 1. The smallest absolute Gasteiger partial charge is 0.241 e. The summed E-state index contributed by atoms with van der Waals surface area (Å²) >= 11 is 0. The van der Waals surface area contributed by atoms with Crippen molar-refractivity contribution in [1.29, 1.82) is 0 Å². The summed E-state index contributed by atoms with van der Waals surface area (Å²) in [4.78, 5) is 0.331. The molecule has 0 aromatic heterocycles. The van der Waals surface area contributed by atoms with E-state index in [-0.39, 0.29) is 6.04 Å². The summed E-state index contributed by atoms with van der Waals surface area (Å²) in [5.41, 5.74) is 3.25. The summed E-state index contributed by atoms with van der Waals surface area (Å²) in [6.07, 6.45) is 3.09. The maximum atomic E-state index is 12.7. The molecule has 1 N–H and O–H groups in total. The molecule has 5 nitrogen and oxygen atoms in total. The molecule has 2 aromatic rings. The topological polar surface area (TPSA) is 64.6 Å². The van der Waals surface area contributed by atoms with Gasteiger partial charge in [0, 0.05) is 6.04 Å². The fourth-order valence-electron chi connectivity index (χ4n) is 3.41. The quantitative estimate of drug-likeness (QED) is 0.911. The van der Waals surface area contributed by atoms with Crippen LogP contribution in [0.2, 0.25) is 0 Å². The standard InChI is InChI=1S/C19H21NO4S/c1-13(15-6-8-18-19(12-15)24-10-9-23-18)20-25(21,22)17-7-5-14-3-2-4-16(14)11-17/h5-8,11-13,20H,2-4,9-10H2,1H3. The molecule has 0 saturated carbocycles. The third kappa shape index (κ3) is 3.24. The van der Waals surface area contributed by atoms with Crippen LogP contribution in [0.3, 0.4) is 0 Å². The van der Waals surface area contributed by atoms with E-state index >= 15 is 0 Å². The molecule has 25 heavy (non-hydrogen) atoms. The summed E-state index contributed by atoms with van der Waals surface area (Å²) in [5.74, 6) is 1.36. The van der Waals surface area contributed by atoms with Crippen LogP contribution in [0, 0.1) is 0 Å². The second-order valence-electron chi connectivity index (χ2n) is 6.53. The van der Waals surface area contributed by atoms with E-state index in [2.05, 4.69) is 4.72 Å². The van der Waals surface area contributed by atoms with E-state index in [1.54, 1.807) is 12.1 Å². The summed E-state index contributed by atoms with van der Waals surface area (Å²) in [6, 6.07) is 10.6. The number of hydrogen-bond donors (Lipinski definition) is 1. The lowest BCUT2D eigenvalue weighted by atomic mass is 10.1. The highest BCUT2D eigenvalue weighted by Crippen LogP contribution is 2.33. The zero-order valence-electron chi connectivity index (χ0n) is 14.1. The Morgan fingerprint density at radius 2 is 1.72 bits per heavy atom. The predicted molar refractivity (Wildman–Crippen MR) is 94.6 cm³/mol. The second kappa shape index (κ2) is 6.35. The van der Waals surface area contributed by atoms with Gasteiger partial charge in [-0.25, -0.2) is 13.1 Å². The van der Waals surface area contributed by atoms with Crippen LogP contribution in [0.5, 0.6) is 11.5 Å². The minimum Gasteiger partial charge on any atom is -0.486 e. The van der Waals surface area contributed by atoms with E-state index < -0.39 is 10.0 Å². The molecule has 4 rings (SSSR count). The Bertz CT molecular complexity index is 908. The molecule has 0 radical (unpaired) electrons. The number of ether oxygens (including phenoxy) is 2. The first-order valence-corrected chi connectivity index (χ1v) is 10.0. The van der Waals surface area contributed by atoms with Crippen molar-refractivity contribution in [2.75, 3.05) is 13.2 Å². The SMILES string of the molecule is CC(NS(=O)(=O)c1ccc2c(c1)CCC2)c1ccc2c(c1)OCCO2. The van der Waals surface area contributed by atoms with Crippen LogP contribution in [0.25, 0.3) is 0 Å². The normalized spacial score (nSPS) is 17.2. The van der Waals surface area contributed by atoms with Crippen molar-refractivity contribution in [3.63, 3.8) is 0 Å². The zero-order valence-corrected chi connectivity index (χ0v) is 14.9. The van der Waals surface area contributed by atoms with Crippen LogP contribution in [0.15, 0.2) is 41.3 Å². The molecule has 6 heteroatoms. The lowest BCUT2D eigenvalue weighted by Crippen LogP contribution is -2.27. The molecule has 0 saturated heterocycles. The molecule has 1 heterocycles. The number of hydrogen-bond acceptors (Lipinski definition) is 4. The van der Waals surface area contributed by atoms with E-state index in [1.807, 2.05) is 31.2 Å². The molecular weight excluding hydrogens is 338 g/mol. The van der Waals surface area contributed by atoms with Gasteiger partial charge in [-0.15, -0.1) is 0 Å².